The number of piperidine rings is 1. The van der Waals surface area contributed by atoms with E-state index in [9.17, 15) is 24.0 Å². The smallest absolute Gasteiger partial charge is 0.262 e. The number of benzene rings is 3. The van der Waals surface area contributed by atoms with E-state index in [1.807, 2.05) is 24.3 Å². The van der Waals surface area contributed by atoms with Gasteiger partial charge in [0.2, 0.25) is 11.8 Å². The highest BCUT2D eigenvalue weighted by molar-refractivity contribution is 6.23. The zero-order valence-electron chi connectivity index (χ0n) is 38.5. The standard InChI is InChI=1S/C51H63N7O7/c1-6-57(38-17-25-64-26-18-38)46-29-37(28-42(34(46)4)48(60)52-31-44-32(2)27-33(3)53-35(44)5)36-9-12-40(13-10-36)65-24-8-7-19-55-20-22-56(23-21-55)39-11-14-41-43(30-39)51(63)58(50(41)62)45-15-16-47(59)54-49(45)61/h9-14,27-30,35,38,45,53H,6-8,15-26,31H2,1-5H3,(H,52,60)(H,54,59,61). The van der Waals surface area contributed by atoms with Crippen molar-refractivity contribution in [1.29, 1.82) is 0 Å². The summed E-state index contributed by atoms with van der Waals surface area (Å²) in [5.41, 5.74) is 9.73. The van der Waals surface area contributed by atoms with E-state index in [2.05, 4.69) is 89.5 Å². The van der Waals surface area contributed by atoms with Crippen LogP contribution < -0.4 is 30.5 Å². The van der Waals surface area contributed by atoms with E-state index in [1.54, 1.807) is 12.1 Å². The maximum Gasteiger partial charge on any atom is 0.262 e. The number of imide groups is 2. The van der Waals surface area contributed by atoms with E-state index in [-0.39, 0.29) is 24.8 Å². The first-order valence-corrected chi connectivity index (χ1v) is 23.4. The maximum absolute atomic E-state index is 14.1. The van der Waals surface area contributed by atoms with Crippen LogP contribution in [-0.4, -0.2) is 123 Å². The topological polar surface area (TPSA) is 153 Å². The third-order valence-electron chi connectivity index (χ3n) is 13.7. The maximum atomic E-state index is 14.1. The molecule has 14 heteroatoms. The van der Waals surface area contributed by atoms with Gasteiger partial charge in [0.05, 0.1) is 17.7 Å². The number of carbonyl (C=O) groups is 5. The molecule has 3 saturated heterocycles. The van der Waals surface area contributed by atoms with Crippen molar-refractivity contribution in [3.05, 3.63) is 99.8 Å². The van der Waals surface area contributed by atoms with Crippen LogP contribution in [0.5, 0.6) is 5.75 Å². The summed E-state index contributed by atoms with van der Waals surface area (Å²) in [6.07, 6.45) is 6.17. The Labute approximate surface area is 382 Å². The number of ether oxygens (including phenoxy) is 2. The van der Waals surface area contributed by atoms with Crippen LogP contribution in [0.1, 0.15) is 103 Å². The molecular formula is C51H63N7O7. The van der Waals surface area contributed by atoms with Gasteiger partial charge in [0.25, 0.3) is 17.7 Å². The lowest BCUT2D eigenvalue weighted by Gasteiger charge is -2.37. The lowest BCUT2D eigenvalue weighted by atomic mass is 9.94. The first kappa shape index (κ1) is 45.6. The number of nitrogens with one attached hydrogen (secondary N) is 3. The lowest BCUT2D eigenvalue weighted by molar-refractivity contribution is -0.136. The van der Waals surface area contributed by atoms with E-state index in [1.165, 1.54) is 11.1 Å². The van der Waals surface area contributed by atoms with Crippen molar-refractivity contribution in [3.8, 4) is 16.9 Å². The summed E-state index contributed by atoms with van der Waals surface area (Å²) in [6, 6.07) is 17.3. The fourth-order valence-corrected chi connectivity index (χ4v) is 10.1. The molecule has 5 amide bonds. The average molecular weight is 886 g/mol. The molecule has 344 valence electrons. The molecule has 3 N–H and O–H groups in total. The van der Waals surface area contributed by atoms with Crippen LogP contribution in [0.4, 0.5) is 11.4 Å². The van der Waals surface area contributed by atoms with Crippen molar-refractivity contribution in [1.82, 2.24) is 25.8 Å². The summed E-state index contributed by atoms with van der Waals surface area (Å²) in [5, 5.41) is 8.99. The number of nitrogens with zero attached hydrogens (tertiary/aromatic N) is 4. The monoisotopic (exact) mass is 885 g/mol. The molecule has 2 unspecified atom stereocenters. The number of carbonyl (C=O) groups excluding carboxylic acids is 5. The van der Waals surface area contributed by atoms with Crippen LogP contribution in [0.3, 0.4) is 0 Å². The van der Waals surface area contributed by atoms with E-state index in [0.717, 1.165) is 123 Å². The predicted molar refractivity (Wildman–Crippen MR) is 251 cm³/mol. The average Bonchev–Trinajstić information content (AvgIpc) is 3.55. The molecule has 0 spiro atoms. The van der Waals surface area contributed by atoms with E-state index in [0.29, 0.717) is 35.9 Å². The Hall–Kier alpha value is -5.99. The van der Waals surface area contributed by atoms with Gasteiger partial charge in [-0.15, -0.1) is 0 Å². The Morgan fingerprint density at radius 1 is 0.877 bits per heavy atom. The van der Waals surface area contributed by atoms with Gasteiger partial charge in [0.15, 0.2) is 0 Å². The number of fused-ring (bicyclic) bond motifs is 1. The third-order valence-corrected chi connectivity index (χ3v) is 13.7. The molecule has 2 atom stereocenters. The van der Waals surface area contributed by atoms with Crippen molar-refractivity contribution < 1.29 is 33.4 Å². The Balaban J connectivity index is 0.841. The van der Waals surface area contributed by atoms with Gasteiger partial charge in [-0.3, -0.25) is 39.1 Å². The zero-order chi connectivity index (χ0) is 45.8. The van der Waals surface area contributed by atoms with Gasteiger partial charge in [-0.25, -0.2) is 0 Å². The van der Waals surface area contributed by atoms with Gasteiger partial charge < -0.3 is 29.9 Å². The number of dihydropyridines is 1. The van der Waals surface area contributed by atoms with Gasteiger partial charge >= 0.3 is 0 Å². The second-order valence-electron chi connectivity index (χ2n) is 18.0. The third kappa shape index (κ3) is 9.98. The summed E-state index contributed by atoms with van der Waals surface area (Å²) < 4.78 is 11.9. The molecule has 5 heterocycles. The Morgan fingerprint density at radius 3 is 2.32 bits per heavy atom. The molecule has 0 aromatic heterocycles. The van der Waals surface area contributed by atoms with Crippen molar-refractivity contribution in [3.63, 3.8) is 0 Å². The fourth-order valence-electron chi connectivity index (χ4n) is 10.1. The number of unbranched alkanes of at least 4 members (excludes halogenated alkanes) is 1. The summed E-state index contributed by atoms with van der Waals surface area (Å²) in [6.45, 7) is 18.2. The van der Waals surface area contributed by atoms with E-state index >= 15 is 0 Å². The van der Waals surface area contributed by atoms with Crippen LogP contribution >= 0.6 is 0 Å². The van der Waals surface area contributed by atoms with E-state index < -0.39 is 29.7 Å². The number of hydrogen-bond acceptors (Lipinski definition) is 11. The number of hydrogen-bond donors (Lipinski definition) is 3. The quantitative estimate of drug-likeness (QED) is 0.122. The minimum Gasteiger partial charge on any atom is -0.494 e. The normalized spacial score (nSPS) is 20.7. The molecule has 3 fully saturated rings. The molecule has 0 saturated carbocycles. The minimum atomic E-state index is -0.976. The first-order valence-electron chi connectivity index (χ1n) is 23.4. The van der Waals surface area contributed by atoms with Crippen molar-refractivity contribution in [2.24, 2.45) is 0 Å². The Bertz CT molecular complexity index is 2380. The number of anilines is 2. The Morgan fingerprint density at radius 2 is 1.62 bits per heavy atom. The predicted octanol–water partition coefficient (Wildman–Crippen LogP) is 5.99. The van der Waals surface area contributed by atoms with E-state index in [4.69, 9.17) is 9.47 Å². The zero-order valence-corrected chi connectivity index (χ0v) is 38.5. The number of allylic oxidation sites excluding steroid dienone is 3. The lowest BCUT2D eigenvalue weighted by Crippen LogP contribution is -2.54. The second-order valence-corrected chi connectivity index (χ2v) is 18.0. The van der Waals surface area contributed by atoms with Gasteiger partial charge in [0, 0.05) is 93.6 Å². The van der Waals surface area contributed by atoms with Crippen LogP contribution in [0, 0.1) is 6.92 Å². The summed E-state index contributed by atoms with van der Waals surface area (Å²) in [7, 11) is 0. The van der Waals surface area contributed by atoms with Gasteiger partial charge in [-0.2, -0.15) is 0 Å². The molecule has 8 rings (SSSR count). The molecule has 14 nitrogen and oxygen atoms in total. The molecule has 65 heavy (non-hydrogen) atoms. The molecular weight excluding hydrogens is 823 g/mol. The highest BCUT2D eigenvalue weighted by atomic mass is 16.5. The summed E-state index contributed by atoms with van der Waals surface area (Å²) in [5.74, 6) is -1.25. The molecule has 0 bridgehead atoms. The van der Waals surface area contributed by atoms with Crippen LogP contribution in [0.15, 0.2) is 77.5 Å². The number of rotatable bonds is 15. The largest absolute Gasteiger partial charge is 0.494 e. The highest BCUT2D eigenvalue weighted by Gasteiger charge is 2.45. The van der Waals surface area contributed by atoms with Gasteiger partial charge in [0.1, 0.15) is 11.8 Å². The molecule has 3 aromatic rings. The highest BCUT2D eigenvalue weighted by Crippen LogP contribution is 2.35. The second kappa shape index (κ2) is 20.0. The molecule has 5 aliphatic rings. The number of amides is 5. The summed E-state index contributed by atoms with van der Waals surface area (Å²) >= 11 is 0. The van der Waals surface area contributed by atoms with Crippen molar-refractivity contribution in [2.45, 2.75) is 91.3 Å². The van der Waals surface area contributed by atoms with Crippen molar-refractivity contribution in [2.75, 3.05) is 75.4 Å². The minimum absolute atomic E-state index is 0.0775. The van der Waals surface area contributed by atoms with Crippen molar-refractivity contribution >= 4 is 40.9 Å². The molecule has 5 aliphatic heterocycles. The van der Waals surface area contributed by atoms with Crippen LogP contribution in [-0.2, 0) is 14.3 Å². The SMILES string of the molecule is CCN(c1cc(-c2ccc(OCCCCN3CCN(c4ccc5c(c4)C(=O)N(C4CCC(=O)NC4=O)C5=O)CC3)cc2)cc(C(=O)NCC2=C(C)C=C(C)NC2C)c1C)C1CCOCC1. The number of piperazine rings is 1. The first-order chi connectivity index (χ1) is 31.4. The van der Waals surface area contributed by atoms with Crippen LogP contribution in [0.2, 0.25) is 0 Å². The Kier molecular flexibility index (Phi) is 14.0. The van der Waals surface area contributed by atoms with Gasteiger partial charge in [-0.1, -0.05) is 12.1 Å². The fraction of sp³-hybridized carbons (Fsp3) is 0.471. The summed E-state index contributed by atoms with van der Waals surface area (Å²) in [4.78, 5) is 72.8. The van der Waals surface area contributed by atoms with Crippen LogP contribution in [0.25, 0.3) is 11.1 Å². The molecule has 0 aliphatic carbocycles. The molecule has 3 aromatic carbocycles. The molecule has 0 radical (unpaired) electrons. The van der Waals surface area contributed by atoms with Gasteiger partial charge in [-0.05, 0) is 150 Å².